The number of carbonyl (C=O) groups is 2. The van der Waals surface area contributed by atoms with Gasteiger partial charge in [-0.3, -0.25) is 9.59 Å². The minimum atomic E-state index is -4.71. The molecule has 0 spiro atoms. The van der Waals surface area contributed by atoms with Gasteiger partial charge >= 0.3 is 6.18 Å². The second kappa shape index (κ2) is 14.2. The van der Waals surface area contributed by atoms with Gasteiger partial charge < -0.3 is 16.4 Å². The van der Waals surface area contributed by atoms with Crippen molar-refractivity contribution in [2.45, 2.75) is 65.5 Å². The summed E-state index contributed by atoms with van der Waals surface area (Å²) >= 11 is 6.45. The molecule has 4 N–H and O–H groups in total. The Morgan fingerprint density at radius 2 is 1.50 bits per heavy atom. The highest BCUT2D eigenvalue weighted by molar-refractivity contribution is 6.32. The third-order valence-electron chi connectivity index (χ3n) is 6.34. The van der Waals surface area contributed by atoms with E-state index >= 15 is 0 Å². The van der Waals surface area contributed by atoms with Gasteiger partial charge in [0, 0.05) is 18.1 Å². The van der Waals surface area contributed by atoms with Gasteiger partial charge in [0.2, 0.25) is 23.7 Å². The minimum absolute atomic E-state index is 0.181. The molecule has 12 heteroatoms. The van der Waals surface area contributed by atoms with Gasteiger partial charge in [0.1, 0.15) is 0 Å². The number of carbonyl (C=O) groups excluding carboxylic acids is 2. The normalized spacial score (nSPS) is 13.4. The van der Waals surface area contributed by atoms with Gasteiger partial charge in [-0.15, -0.1) is 10.2 Å². The molecule has 0 bridgehead atoms. The third kappa shape index (κ3) is 7.74. The molecule has 0 radical (unpaired) electrons. The lowest BCUT2D eigenvalue weighted by Crippen LogP contribution is -2.53. The lowest BCUT2D eigenvalue weighted by Gasteiger charge is -2.34. The van der Waals surface area contributed by atoms with Gasteiger partial charge in [0.15, 0.2) is 0 Å². The van der Waals surface area contributed by atoms with Crippen LogP contribution < -0.4 is 11.5 Å². The van der Waals surface area contributed by atoms with Crippen LogP contribution in [0.3, 0.4) is 0 Å². The van der Waals surface area contributed by atoms with Crippen molar-refractivity contribution in [3.63, 3.8) is 0 Å². The van der Waals surface area contributed by atoms with E-state index in [-0.39, 0.29) is 11.5 Å². The van der Waals surface area contributed by atoms with E-state index < -0.39 is 41.3 Å². The van der Waals surface area contributed by atoms with Crippen LogP contribution in [-0.4, -0.2) is 46.6 Å². The summed E-state index contributed by atoms with van der Waals surface area (Å²) in [5.41, 5.74) is 11.0. The van der Waals surface area contributed by atoms with Crippen molar-refractivity contribution < 1.29 is 22.8 Å². The van der Waals surface area contributed by atoms with E-state index in [4.69, 9.17) is 23.1 Å². The van der Waals surface area contributed by atoms with Crippen LogP contribution in [0, 0.1) is 6.92 Å². The lowest BCUT2D eigenvalue weighted by atomic mass is 9.92. The van der Waals surface area contributed by atoms with Gasteiger partial charge in [-0.1, -0.05) is 55.8 Å². The summed E-state index contributed by atoms with van der Waals surface area (Å²) in [5, 5.41) is 8.11. The Morgan fingerprint density at radius 3 is 2.02 bits per heavy atom. The standard InChI is InChI=1S/C28H36ClF3N6O2/c1-6-15-37(16-7-2)27(36-35-26(33)34)38(25(40)19(5)23-17(3)11-10-14-22(23)29)24(39)18(4)20-12-8-9-13-21(20)28(30,31)32/h8-14,18-19H,6-7,15-16H2,1-5H3,(H4,33,34,35). The Bertz CT molecular complexity index is 1230. The molecule has 0 fully saturated rings. The first kappa shape index (κ1) is 32.6. The van der Waals surface area contributed by atoms with Crippen LogP contribution in [0.15, 0.2) is 52.7 Å². The Balaban J connectivity index is 2.82. The number of imide groups is 1. The molecule has 0 heterocycles. The Labute approximate surface area is 237 Å². The second-order valence-corrected chi connectivity index (χ2v) is 9.83. The molecule has 0 saturated heterocycles. The van der Waals surface area contributed by atoms with E-state index in [1.54, 1.807) is 36.9 Å². The van der Waals surface area contributed by atoms with Gasteiger partial charge in [0.25, 0.3) is 0 Å². The third-order valence-corrected chi connectivity index (χ3v) is 6.67. The molecular weight excluding hydrogens is 545 g/mol. The van der Waals surface area contributed by atoms with E-state index in [0.29, 0.717) is 42.1 Å². The first-order valence-corrected chi connectivity index (χ1v) is 13.3. The molecule has 0 aliphatic carbocycles. The van der Waals surface area contributed by atoms with Crippen LogP contribution in [0.1, 0.15) is 74.6 Å². The highest BCUT2D eigenvalue weighted by Gasteiger charge is 2.41. The monoisotopic (exact) mass is 580 g/mol. The fourth-order valence-corrected chi connectivity index (χ4v) is 4.86. The summed E-state index contributed by atoms with van der Waals surface area (Å²) in [7, 11) is 0. The smallest absolute Gasteiger partial charge is 0.369 e. The van der Waals surface area contributed by atoms with Crippen LogP contribution in [0.25, 0.3) is 0 Å². The topological polar surface area (TPSA) is 117 Å². The molecule has 2 unspecified atom stereocenters. The maximum atomic E-state index is 14.2. The van der Waals surface area contributed by atoms with Crippen molar-refractivity contribution in [3.05, 3.63) is 69.7 Å². The van der Waals surface area contributed by atoms with Crippen molar-refractivity contribution >= 4 is 35.3 Å². The predicted octanol–water partition coefficient (Wildman–Crippen LogP) is 5.60. The van der Waals surface area contributed by atoms with E-state index in [1.807, 2.05) is 13.8 Å². The molecule has 218 valence electrons. The highest BCUT2D eigenvalue weighted by Crippen LogP contribution is 2.36. The number of rotatable bonds is 9. The molecule has 0 saturated carbocycles. The van der Waals surface area contributed by atoms with Crippen molar-refractivity contribution in [1.29, 1.82) is 0 Å². The maximum absolute atomic E-state index is 14.2. The molecule has 0 aliphatic rings. The predicted molar refractivity (Wildman–Crippen MR) is 152 cm³/mol. The number of alkyl halides is 3. The van der Waals surface area contributed by atoms with Crippen LogP contribution >= 0.6 is 11.6 Å². The quantitative estimate of drug-likeness (QED) is 0.228. The first-order chi connectivity index (χ1) is 18.8. The molecule has 40 heavy (non-hydrogen) atoms. The highest BCUT2D eigenvalue weighted by atomic mass is 35.5. The van der Waals surface area contributed by atoms with Gasteiger partial charge in [-0.05, 0) is 62.4 Å². The molecule has 0 aliphatic heterocycles. The fraction of sp³-hybridized carbons (Fsp3) is 0.429. The van der Waals surface area contributed by atoms with Crippen molar-refractivity contribution in [2.75, 3.05) is 13.1 Å². The van der Waals surface area contributed by atoms with Crippen molar-refractivity contribution in [3.8, 4) is 0 Å². The van der Waals surface area contributed by atoms with Gasteiger partial charge in [-0.2, -0.15) is 13.2 Å². The fourth-order valence-electron chi connectivity index (χ4n) is 4.48. The summed E-state index contributed by atoms with van der Waals surface area (Å²) in [6.45, 7) is 9.20. The summed E-state index contributed by atoms with van der Waals surface area (Å²) in [5.74, 6) is -4.59. The molecule has 2 rings (SSSR count). The summed E-state index contributed by atoms with van der Waals surface area (Å²) in [6.07, 6.45) is -3.49. The Hall–Kier alpha value is -3.60. The average molecular weight is 581 g/mol. The SMILES string of the molecule is CCCN(CCC)C(=NN=C(N)N)N(C(=O)C(C)c1ccccc1C(F)(F)F)C(=O)C(C)c1c(C)cccc1Cl. The summed E-state index contributed by atoms with van der Waals surface area (Å²) < 4.78 is 41.7. The van der Waals surface area contributed by atoms with Crippen LogP contribution in [0.4, 0.5) is 13.2 Å². The van der Waals surface area contributed by atoms with Crippen LogP contribution in [0.5, 0.6) is 0 Å². The summed E-state index contributed by atoms with van der Waals surface area (Å²) in [4.78, 5) is 30.8. The minimum Gasteiger partial charge on any atom is -0.369 e. The zero-order valence-electron chi connectivity index (χ0n) is 23.3. The zero-order chi connectivity index (χ0) is 30.2. The van der Waals surface area contributed by atoms with E-state index in [1.165, 1.54) is 25.1 Å². The molecule has 8 nitrogen and oxygen atoms in total. The number of amides is 2. The van der Waals surface area contributed by atoms with Gasteiger partial charge in [0.05, 0.1) is 17.4 Å². The molecule has 0 aromatic heterocycles. The average Bonchev–Trinajstić information content (AvgIpc) is 2.89. The second-order valence-electron chi connectivity index (χ2n) is 9.42. The molecule has 2 aromatic rings. The maximum Gasteiger partial charge on any atom is 0.416 e. The number of nitrogens with two attached hydrogens (primary N) is 2. The van der Waals surface area contributed by atoms with Crippen molar-refractivity contribution in [1.82, 2.24) is 9.80 Å². The summed E-state index contributed by atoms with van der Waals surface area (Å²) in [6, 6.07) is 9.89. The number of benzene rings is 2. The zero-order valence-corrected chi connectivity index (χ0v) is 24.1. The molecule has 2 aromatic carbocycles. The van der Waals surface area contributed by atoms with Crippen molar-refractivity contribution in [2.24, 2.45) is 21.7 Å². The van der Waals surface area contributed by atoms with Crippen LogP contribution in [-0.2, 0) is 15.8 Å². The lowest BCUT2D eigenvalue weighted by molar-refractivity contribution is -0.142. The number of halogens is 4. The molecular formula is C28H36ClF3N6O2. The molecule has 2 amide bonds. The van der Waals surface area contributed by atoms with E-state index in [0.717, 1.165) is 11.0 Å². The molecule has 2 atom stereocenters. The number of guanidine groups is 2. The first-order valence-electron chi connectivity index (χ1n) is 13.0. The van der Waals surface area contributed by atoms with Gasteiger partial charge in [-0.25, -0.2) is 4.90 Å². The van der Waals surface area contributed by atoms with E-state index in [9.17, 15) is 22.8 Å². The van der Waals surface area contributed by atoms with E-state index in [2.05, 4.69) is 10.2 Å². The number of hydrogen-bond acceptors (Lipinski definition) is 4. The Kier molecular flexibility index (Phi) is 11.5. The number of nitrogens with zero attached hydrogens (tertiary/aromatic N) is 4. The number of aryl methyl sites for hydroxylation is 1. The Morgan fingerprint density at radius 1 is 0.925 bits per heavy atom. The largest absolute Gasteiger partial charge is 0.416 e. The number of hydrogen-bond donors (Lipinski definition) is 2. The van der Waals surface area contributed by atoms with Crippen LogP contribution in [0.2, 0.25) is 5.02 Å².